The zero-order chi connectivity index (χ0) is 9.42. The minimum atomic E-state index is -0.397. The van der Waals surface area contributed by atoms with E-state index in [1.165, 1.54) is 12.8 Å². The zero-order valence-corrected chi connectivity index (χ0v) is 8.14. The Morgan fingerprint density at radius 2 is 2.31 bits per heavy atom. The topological polar surface area (TPSA) is 38.1 Å². The van der Waals surface area contributed by atoms with E-state index in [1.807, 2.05) is 10.9 Å². The molecular weight excluding hydrogens is 164 g/mol. The van der Waals surface area contributed by atoms with Gasteiger partial charge in [-0.2, -0.15) is 5.10 Å². The molecule has 2 rings (SSSR count). The molecule has 0 saturated heterocycles. The minimum Gasteiger partial charge on any atom is -0.389 e. The first-order valence-electron chi connectivity index (χ1n) is 4.89. The zero-order valence-electron chi connectivity index (χ0n) is 8.14. The van der Waals surface area contributed by atoms with Crippen LogP contribution in [0.1, 0.15) is 44.4 Å². The molecule has 13 heavy (non-hydrogen) atoms. The Bertz CT molecular complexity index is 287. The number of aromatic nitrogens is 2. The van der Waals surface area contributed by atoms with Gasteiger partial charge in [0.1, 0.15) is 0 Å². The lowest BCUT2D eigenvalue weighted by Crippen LogP contribution is -2.24. The number of hydrogen-bond donors (Lipinski definition) is 1. The normalized spacial score (nSPS) is 29.8. The SMILES string of the molecule is C[C@@H](O)c1cnn([C@H]2C[C@@H](C)C2)c1. The number of hydrogen-bond acceptors (Lipinski definition) is 2. The first-order valence-corrected chi connectivity index (χ1v) is 4.89. The van der Waals surface area contributed by atoms with Crippen molar-refractivity contribution in [1.82, 2.24) is 9.78 Å². The monoisotopic (exact) mass is 180 g/mol. The van der Waals surface area contributed by atoms with Crippen molar-refractivity contribution < 1.29 is 5.11 Å². The highest BCUT2D eigenvalue weighted by Crippen LogP contribution is 2.36. The molecule has 0 spiro atoms. The lowest BCUT2D eigenvalue weighted by Gasteiger charge is -2.32. The average molecular weight is 180 g/mol. The van der Waals surface area contributed by atoms with E-state index in [0.29, 0.717) is 6.04 Å². The average Bonchev–Trinajstić information content (AvgIpc) is 2.46. The van der Waals surface area contributed by atoms with Crippen molar-refractivity contribution >= 4 is 0 Å². The van der Waals surface area contributed by atoms with Crippen LogP contribution in [-0.4, -0.2) is 14.9 Å². The molecule has 72 valence electrons. The summed E-state index contributed by atoms with van der Waals surface area (Å²) in [5, 5.41) is 13.6. The fourth-order valence-electron chi connectivity index (χ4n) is 1.84. The van der Waals surface area contributed by atoms with E-state index in [9.17, 15) is 5.11 Å². The summed E-state index contributed by atoms with van der Waals surface area (Å²) >= 11 is 0. The third-order valence-electron chi connectivity index (χ3n) is 2.83. The maximum absolute atomic E-state index is 9.31. The summed E-state index contributed by atoms with van der Waals surface area (Å²) in [5.74, 6) is 0.837. The molecule has 0 aromatic carbocycles. The van der Waals surface area contributed by atoms with Crippen molar-refractivity contribution in [2.75, 3.05) is 0 Å². The van der Waals surface area contributed by atoms with Gasteiger partial charge in [0, 0.05) is 11.8 Å². The molecule has 0 radical (unpaired) electrons. The molecule has 1 saturated carbocycles. The van der Waals surface area contributed by atoms with E-state index in [0.717, 1.165) is 11.5 Å². The Balaban J connectivity index is 2.06. The Kier molecular flexibility index (Phi) is 2.12. The summed E-state index contributed by atoms with van der Waals surface area (Å²) in [4.78, 5) is 0. The van der Waals surface area contributed by atoms with Gasteiger partial charge >= 0.3 is 0 Å². The van der Waals surface area contributed by atoms with E-state index < -0.39 is 6.10 Å². The Labute approximate surface area is 78.4 Å². The summed E-state index contributed by atoms with van der Waals surface area (Å²) in [6.45, 7) is 4.03. The largest absolute Gasteiger partial charge is 0.389 e. The second-order valence-electron chi connectivity index (χ2n) is 4.16. The first kappa shape index (κ1) is 8.75. The summed E-state index contributed by atoms with van der Waals surface area (Å²) < 4.78 is 1.99. The Hall–Kier alpha value is -0.830. The summed E-state index contributed by atoms with van der Waals surface area (Å²) in [5.41, 5.74) is 0.916. The van der Waals surface area contributed by atoms with E-state index >= 15 is 0 Å². The van der Waals surface area contributed by atoms with Gasteiger partial charge in [0.2, 0.25) is 0 Å². The van der Waals surface area contributed by atoms with Gasteiger partial charge in [0.25, 0.3) is 0 Å². The fraction of sp³-hybridized carbons (Fsp3) is 0.700. The molecule has 0 bridgehead atoms. The van der Waals surface area contributed by atoms with Crippen molar-refractivity contribution in [2.24, 2.45) is 5.92 Å². The molecule has 1 aromatic heterocycles. The second kappa shape index (κ2) is 3.14. The van der Waals surface area contributed by atoms with Crippen molar-refractivity contribution in [3.63, 3.8) is 0 Å². The van der Waals surface area contributed by atoms with Gasteiger partial charge in [-0.25, -0.2) is 0 Å². The van der Waals surface area contributed by atoms with Crippen LogP contribution in [0.3, 0.4) is 0 Å². The number of rotatable bonds is 2. The lowest BCUT2D eigenvalue weighted by molar-refractivity contribution is 0.193. The molecule has 1 fully saturated rings. The molecule has 1 aromatic rings. The number of aliphatic hydroxyl groups is 1. The van der Waals surface area contributed by atoms with Gasteiger partial charge in [-0.3, -0.25) is 4.68 Å². The highest BCUT2D eigenvalue weighted by molar-refractivity contribution is 5.07. The van der Waals surface area contributed by atoms with Crippen LogP contribution in [0.5, 0.6) is 0 Å². The molecule has 1 N–H and O–H groups in total. The van der Waals surface area contributed by atoms with Crippen LogP contribution in [0.4, 0.5) is 0 Å². The summed E-state index contributed by atoms with van der Waals surface area (Å²) in [6, 6.07) is 0.572. The van der Waals surface area contributed by atoms with Crippen molar-refractivity contribution in [3.05, 3.63) is 18.0 Å². The molecule has 1 heterocycles. The van der Waals surface area contributed by atoms with E-state index in [-0.39, 0.29) is 0 Å². The molecular formula is C10H16N2O. The number of aliphatic hydroxyl groups excluding tert-OH is 1. The van der Waals surface area contributed by atoms with Gasteiger partial charge in [-0.1, -0.05) is 6.92 Å². The van der Waals surface area contributed by atoms with Crippen LogP contribution in [0.25, 0.3) is 0 Å². The lowest BCUT2D eigenvalue weighted by atomic mass is 9.82. The van der Waals surface area contributed by atoms with Crippen LogP contribution < -0.4 is 0 Å². The van der Waals surface area contributed by atoms with Crippen molar-refractivity contribution in [1.29, 1.82) is 0 Å². The van der Waals surface area contributed by atoms with Gasteiger partial charge in [-0.05, 0) is 25.7 Å². The third-order valence-corrected chi connectivity index (χ3v) is 2.83. The van der Waals surface area contributed by atoms with E-state index in [1.54, 1.807) is 13.1 Å². The van der Waals surface area contributed by atoms with Crippen molar-refractivity contribution in [3.8, 4) is 0 Å². The quantitative estimate of drug-likeness (QED) is 0.755. The molecule has 0 unspecified atom stereocenters. The minimum absolute atomic E-state index is 0.397. The van der Waals surface area contributed by atoms with Crippen LogP contribution in [0.2, 0.25) is 0 Å². The van der Waals surface area contributed by atoms with Gasteiger partial charge in [-0.15, -0.1) is 0 Å². The van der Waals surface area contributed by atoms with E-state index in [4.69, 9.17) is 0 Å². The van der Waals surface area contributed by atoms with Crippen LogP contribution in [-0.2, 0) is 0 Å². The summed E-state index contributed by atoms with van der Waals surface area (Å²) in [7, 11) is 0. The Morgan fingerprint density at radius 3 is 2.77 bits per heavy atom. The maximum atomic E-state index is 9.31. The molecule has 3 nitrogen and oxygen atoms in total. The van der Waals surface area contributed by atoms with Gasteiger partial charge < -0.3 is 5.11 Å². The molecule has 0 amide bonds. The molecule has 1 aliphatic carbocycles. The fourth-order valence-corrected chi connectivity index (χ4v) is 1.84. The highest BCUT2D eigenvalue weighted by atomic mass is 16.3. The standard InChI is InChI=1S/C10H16N2O/c1-7-3-10(4-7)12-6-9(5-11-12)8(2)13/h5-8,10,13H,3-4H2,1-2H3/t7-,8-,10+/m1/s1. The molecule has 3 heteroatoms. The predicted molar refractivity (Wildman–Crippen MR) is 50.3 cm³/mol. The van der Waals surface area contributed by atoms with Gasteiger partial charge in [0.15, 0.2) is 0 Å². The number of nitrogens with zero attached hydrogens (tertiary/aromatic N) is 2. The second-order valence-corrected chi connectivity index (χ2v) is 4.16. The highest BCUT2D eigenvalue weighted by Gasteiger charge is 2.27. The third kappa shape index (κ3) is 1.61. The molecule has 1 aliphatic rings. The van der Waals surface area contributed by atoms with Crippen LogP contribution >= 0.6 is 0 Å². The Morgan fingerprint density at radius 1 is 1.62 bits per heavy atom. The first-order chi connectivity index (χ1) is 6.16. The predicted octanol–water partition coefficient (Wildman–Crippen LogP) is 1.91. The van der Waals surface area contributed by atoms with Crippen LogP contribution in [0, 0.1) is 5.92 Å². The molecule has 1 atom stereocenters. The van der Waals surface area contributed by atoms with E-state index in [2.05, 4.69) is 12.0 Å². The smallest absolute Gasteiger partial charge is 0.0792 e. The summed E-state index contributed by atoms with van der Waals surface area (Å²) in [6.07, 6.45) is 5.77. The maximum Gasteiger partial charge on any atom is 0.0792 e. The molecule has 0 aliphatic heterocycles. The van der Waals surface area contributed by atoms with Gasteiger partial charge in [0.05, 0.1) is 18.3 Å². The van der Waals surface area contributed by atoms with Crippen molar-refractivity contribution in [2.45, 2.75) is 38.8 Å². The van der Waals surface area contributed by atoms with Crippen LogP contribution in [0.15, 0.2) is 12.4 Å².